The van der Waals surface area contributed by atoms with Gasteiger partial charge in [0, 0.05) is 11.3 Å². The molecule has 9 heteroatoms. The lowest BCUT2D eigenvalue weighted by Crippen LogP contribution is -2.25. The number of methoxy groups -OCH3 is 1. The first-order valence-corrected chi connectivity index (χ1v) is 13.8. The highest BCUT2D eigenvalue weighted by atomic mass is 32.2. The van der Waals surface area contributed by atoms with Crippen molar-refractivity contribution in [1.82, 2.24) is 20.1 Å². The number of hydrogen-bond donors (Lipinski definition) is 2. The summed E-state index contributed by atoms with van der Waals surface area (Å²) in [6.45, 7) is 4.25. The second-order valence-corrected chi connectivity index (χ2v) is 10.2. The largest absolute Gasteiger partial charge is 0.497 e. The molecule has 0 aliphatic heterocycles. The van der Waals surface area contributed by atoms with Gasteiger partial charge >= 0.3 is 0 Å². The maximum absolute atomic E-state index is 13.2. The van der Waals surface area contributed by atoms with Crippen molar-refractivity contribution < 1.29 is 14.3 Å². The molecule has 0 spiro atoms. The van der Waals surface area contributed by atoms with Crippen LogP contribution in [0.5, 0.6) is 5.75 Å². The Morgan fingerprint density at radius 3 is 2.45 bits per heavy atom. The molecule has 4 aromatic carbocycles. The molecule has 0 aliphatic carbocycles. The number of anilines is 1. The molecule has 1 aromatic heterocycles. The fourth-order valence-corrected chi connectivity index (χ4v) is 5.17. The second-order valence-electron chi connectivity index (χ2n) is 9.23. The number of rotatable bonds is 9. The number of fused-ring (bicyclic) bond motifs is 1. The summed E-state index contributed by atoms with van der Waals surface area (Å²) in [5.41, 5.74) is 4.36. The lowest BCUT2D eigenvalue weighted by Gasteiger charge is -2.15. The van der Waals surface area contributed by atoms with E-state index in [0.717, 1.165) is 27.6 Å². The molecule has 0 saturated carbocycles. The standard InChI is InChI=1S/C31H29N5O3S/c1-20-8-6-13-27(21(20)2)36-28(18-32-30(38)26-12-7-10-22-9-4-5-11-25(22)26)34-35-31(36)40-19-29(37)33-23-14-16-24(39-3)17-15-23/h4-17H,18-19H2,1-3H3,(H,32,38)(H,33,37). The molecule has 2 N–H and O–H groups in total. The molecule has 1 heterocycles. The molecular formula is C31H29N5O3S. The molecule has 40 heavy (non-hydrogen) atoms. The van der Waals surface area contributed by atoms with E-state index < -0.39 is 0 Å². The van der Waals surface area contributed by atoms with E-state index in [2.05, 4.69) is 20.8 Å². The number of aryl methyl sites for hydroxylation is 1. The topological polar surface area (TPSA) is 98.1 Å². The van der Waals surface area contributed by atoms with Gasteiger partial charge < -0.3 is 15.4 Å². The molecule has 0 atom stereocenters. The predicted molar refractivity (Wildman–Crippen MR) is 158 cm³/mol. The minimum absolute atomic E-state index is 0.136. The molecular weight excluding hydrogens is 522 g/mol. The Morgan fingerprint density at radius 2 is 1.65 bits per heavy atom. The maximum Gasteiger partial charge on any atom is 0.252 e. The van der Waals surface area contributed by atoms with E-state index >= 15 is 0 Å². The Bertz CT molecular complexity index is 1680. The lowest BCUT2D eigenvalue weighted by atomic mass is 10.0. The van der Waals surface area contributed by atoms with Gasteiger partial charge in [-0.2, -0.15) is 0 Å². The van der Waals surface area contributed by atoms with Crippen LogP contribution in [0.4, 0.5) is 5.69 Å². The Balaban J connectivity index is 1.36. The molecule has 0 radical (unpaired) electrons. The van der Waals surface area contributed by atoms with E-state index in [9.17, 15) is 9.59 Å². The molecule has 8 nitrogen and oxygen atoms in total. The van der Waals surface area contributed by atoms with Crippen LogP contribution in [0, 0.1) is 13.8 Å². The Labute approximate surface area is 236 Å². The zero-order valence-corrected chi connectivity index (χ0v) is 23.3. The van der Waals surface area contributed by atoms with Crippen molar-refractivity contribution in [2.45, 2.75) is 25.5 Å². The Kier molecular flexibility index (Phi) is 8.12. The molecule has 202 valence electrons. The third-order valence-electron chi connectivity index (χ3n) is 6.66. The van der Waals surface area contributed by atoms with E-state index in [1.54, 1.807) is 31.4 Å². The monoisotopic (exact) mass is 551 g/mol. The van der Waals surface area contributed by atoms with Crippen LogP contribution in [0.1, 0.15) is 27.3 Å². The zero-order valence-electron chi connectivity index (χ0n) is 22.5. The number of aromatic nitrogens is 3. The summed E-state index contributed by atoms with van der Waals surface area (Å²) in [6, 6.07) is 26.6. The van der Waals surface area contributed by atoms with Gasteiger partial charge in [-0.3, -0.25) is 14.2 Å². The summed E-state index contributed by atoms with van der Waals surface area (Å²) >= 11 is 1.28. The van der Waals surface area contributed by atoms with Gasteiger partial charge in [-0.1, -0.05) is 60.3 Å². The van der Waals surface area contributed by atoms with E-state index in [4.69, 9.17) is 4.74 Å². The smallest absolute Gasteiger partial charge is 0.252 e. The van der Waals surface area contributed by atoms with Crippen LogP contribution in [0.3, 0.4) is 0 Å². The Morgan fingerprint density at radius 1 is 0.900 bits per heavy atom. The van der Waals surface area contributed by atoms with Crippen molar-refractivity contribution in [3.05, 3.63) is 107 Å². The molecule has 0 unspecified atom stereocenters. The van der Waals surface area contributed by atoms with Crippen molar-refractivity contribution in [2.24, 2.45) is 0 Å². The highest BCUT2D eigenvalue weighted by molar-refractivity contribution is 7.99. The maximum atomic E-state index is 13.2. The summed E-state index contributed by atoms with van der Waals surface area (Å²) in [5.74, 6) is 1.06. The minimum Gasteiger partial charge on any atom is -0.497 e. The van der Waals surface area contributed by atoms with Gasteiger partial charge in [0.2, 0.25) is 5.91 Å². The Hall–Kier alpha value is -4.63. The van der Waals surface area contributed by atoms with Crippen LogP contribution in [0.15, 0.2) is 90.1 Å². The summed E-state index contributed by atoms with van der Waals surface area (Å²) < 4.78 is 7.09. The molecule has 5 aromatic rings. The van der Waals surface area contributed by atoms with E-state index in [1.807, 2.05) is 79.1 Å². The van der Waals surface area contributed by atoms with Gasteiger partial charge in [-0.05, 0) is 72.1 Å². The summed E-state index contributed by atoms with van der Waals surface area (Å²) in [7, 11) is 1.60. The number of ether oxygens (including phenoxy) is 1. The van der Waals surface area contributed by atoms with Gasteiger partial charge in [0.25, 0.3) is 5.91 Å². The van der Waals surface area contributed by atoms with Crippen LogP contribution in [-0.4, -0.2) is 39.4 Å². The highest BCUT2D eigenvalue weighted by Crippen LogP contribution is 2.26. The number of hydrogen-bond acceptors (Lipinski definition) is 6. The fraction of sp³-hybridized carbons (Fsp3) is 0.161. The van der Waals surface area contributed by atoms with E-state index in [0.29, 0.717) is 28.0 Å². The fourth-order valence-electron chi connectivity index (χ4n) is 4.41. The van der Waals surface area contributed by atoms with Gasteiger partial charge in [-0.15, -0.1) is 10.2 Å². The van der Waals surface area contributed by atoms with Crippen LogP contribution in [0.25, 0.3) is 16.5 Å². The number of carbonyl (C=O) groups excluding carboxylic acids is 2. The molecule has 5 rings (SSSR count). The quantitative estimate of drug-likeness (QED) is 0.228. The predicted octanol–water partition coefficient (Wildman–Crippen LogP) is 5.71. The van der Waals surface area contributed by atoms with Crippen molar-refractivity contribution in [1.29, 1.82) is 0 Å². The van der Waals surface area contributed by atoms with Gasteiger partial charge in [0.05, 0.1) is 25.1 Å². The SMILES string of the molecule is COc1ccc(NC(=O)CSc2nnc(CNC(=O)c3cccc4ccccc34)n2-c2cccc(C)c2C)cc1. The van der Waals surface area contributed by atoms with Crippen LogP contribution in [-0.2, 0) is 11.3 Å². The van der Waals surface area contributed by atoms with Crippen LogP contribution in [0.2, 0.25) is 0 Å². The third kappa shape index (κ3) is 5.84. The van der Waals surface area contributed by atoms with Crippen LogP contribution < -0.4 is 15.4 Å². The summed E-state index contributed by atoms with van der Waals surface area (Å²) in [5, 5.41) is 17.2. The van der Waals surface area contributed by atoms with Gasteiger partial charge in [-0.25, -0.2) is 0 Å². The van der Waals surface area contributed by atoms with Crippen molar-refractivity contribution in [2.75, 3.05) is 18.2 Å². The number of thioether (sulfide) groups is 1. The third-order valence-corrected chi connectivity index (χ3v) is 7.59. The summed E-state index contributed by atoms with van der Waals surface area (Å²) in [4.78, 5) is 25.9. The average Bonchev–Trinajstić information content (AvgIpc) is 3.38. The van der Waals surface area contributed by atoms with Crippen molar-refractivity contribution >= 4 is 40.0 Å². The number of benzene rings is 4. The summed E-state index contributed by atoms with van der Waals surface area (Å²) in [6.07, 6.45) is 0. The number of nitrogens with zero attached hydrogens (tertiary/aromatic N) is 3. The van der Waals surface area contributed by atoms with Crippen LogP contribution >= 0.6 is 11.8 Å². The average molecular weight is 552 g/mol. The molecule has 2 amide bonds. The lowest BCUT2D eigenvalue weighted by molar-refractivity contribution is -0.113. The normalized spacial score (nSPS) is 10.9. The molecule has 0 saturated heterocycles. The molecule has 0 fully saturated rings. The first-order valence-electron chi connectivity index (χ1n) is 12.8. The number of carbonyl (C=O) groups is 2. The zero-order chi connectivity index (χ0) is 28.1. The molecule has 0 aliphatic rings. The number of nitrogens with one attached hydrogen (secondary N) is 2. The van der Waals surface area contributed by atoms with E-state index in [-0.39, 0.29) is 24.1 Å². The van der Waals surface area contributed by atoms with Gasteiger partial charge in [0.1, 0.15) is 5.75 Å². The van der Waals surface area contributed by atoms with E-state index in [1.165, 1.54) is 11.8 Å². The van der Waals surface area contributed by atoms with Gasteiger partial charge in [0.15, 0.2) is 11.0 Å². The van der Waals surface area contributed by atoms with Crippen molar-refractivity contribution in [3.63, 3.8) is 0 Å². The minimum atomic E-state index is -0.194. The first kappa shape index (κ1) is 27.0. The first-order chi connectivity index (χ1) is 19.4. The second kappa shape index (κ2) is 12.0. The molecule has 0 bridgehead atoms. The number of amides is 2. The van der Waals surface area contributed by atoms with Crippen molar-refractivity contribution in [3.8, 4) is 11.4 Å². The highest BCUT2D eigenvalue weighted by Gasteiger charge is 2.19.